The summed E-state index contributed by atoms with van der Waals surface area (Å²) in [7, 11) is 0. The van der Waals surface area contributed by atoms with E-state index in [0.29, 0.717) is 18.0 Å². The molecular formula is C20H27NO3. The molecule has 9 aliphatic rings. The molecule has 2 unspecified atom stereocenters. The first-order valence-electron chi connectivity index (χ1n) is 9.83. The molecule has 2 spiro atoms. The van der Waals surface area contributed by atoms with Gasteiger partial charge in [-0.1, -0.05) is 19.1 Å². The van der Waals surface area contributed by atoms with E-state index in [-0.39, 0.29) is 40.1 Å². The molecule has 3 N–H and O–H groups in total. The topological polar surface area (TPSA) is 63.9 Å². The van der Waals surface area contributed by atoms with E-state index in [0.717, 1.165) is 37.8 Å². The van der Waals surface area contributed by atoms with Crippen molar-refractivity contribution in [2.24, 2.45) is 39.9 Å². The molecule has 130 valence electrons. The molecule has 0 radical (unpaired) electrons. The van der Waals surface area contributed by atoms with E-state index in [1.807, 2.05) is 0 Å². The summed E-state index contributed by atoms with van der Waals surface area (Å²) in [4.78, 5) is 2.73. The molecular weight excluding hydrogens is 302 g/mol. The summed E-state index contributed by atoms with van der Waals surface area (Å²) in [5, 5.41) is 33.3. The first-order chi connectivity index (χ1) is 11.4. The third-order valence-corrected chi connectivity index (χ3v) is 10.1. The van der Waals surface area contributed by atoms with Crippen LogP contribution in [0.1, 0.15) is 32.6 Å². The standard InChI is InChI=1S/C20H27NO3/c1-8-3-19-6-10-15-18(2)4-9(22)5-20(15)16(19)14(24)11(8)13(23)12(19)17(20)21(10)7-18/h9-17,22-24H,1,3-7H2,2H3/t9-,10+,11-,12-,13-,14+,15+,16?,17+,18-,19-,20-/m0/s1. The third-order valence-electron chi connectivity index (χ3n) is 10.1. The molecule has 3 aliphatic heterocycles. The van der Waals surface area contributed by atoms with Gasteiger partial charge in [-0.05, 0) is 53.8 Å². The molecule has 3 saturated heterocycles. The van der Waals surface area contributed by atoms with Gasteiger partial charge in [0.15, 0.2) is 0 Å². The van der Waals surface area contributed by atoms with Gasteiger partial charge in [0.1, 0.15) is 0 Å². The molecule has 0 aromatic heterocycles. The summed E-state index contributed by atoms with van der Waals surface area (Å²) in [5.74, 6) is 1.02. The number of nitrogens with zero attached hydrogens (tertiary/aromatic N) is 1. The molecule has 0 aromatic carbocycles. The highest BCUT2D eigenvalue weighted by Gasteiger charge is 2.90. The van der Waals surface area contributed by atoms with Gasteiger partial charge >= 0.3 is 0 Å². The van der Waals surface area contributed by atoms with Crippen molar-refractivity contribution in [3.05, 3.63) is 12.2 Å². The van der Waals surface area contributed by atoms with Gasteiger partial charge in [0.2, 0.25) is 0 Å². The SMILES string of the molecule is C=C1C[C@@]23C[C@@H]4[C@@H]5[C@@]6(C)C[C@H](O)C[C@@]57C2[C@H](O)[C@@H]1[C@H](O)[C@H]3[C@H]7N4C6. The van der Waals surface area contributed by atoms with Crippen molar-refractivity contribution in [2.75, 3.05) is 6.54 Å². The summed E-state index contributed by atoms with van der Waals surface area (Å²) in [5.41, 5.74) is 1.37. The molecule has 24 heavy (non-hydrogen) atoms. The Balaban J connectivity index is 1.54. The maximum absolute atomic E-state index is 11.3. The number of hydrogen-bond donors (Lipinski definition) is 3. The summed E-state index contributed by atoms with van der Waals surface area (Å²) < 4.78 is 0. The summed E-state index contributed by atoms with van der Waals surface area (Å²) >= 11 is 0. The van der Waals surface area contributed by atoms with E-state index < -0.39 is 12.2 Å². The summed E-state index contributed by atoms with van der Waals surface area (Å²) in [6.07, 6.45) is 2.76. The van der Waals surface area contributed by atoms with Crippen LogP contribution in [0.4, 0.5) is 0 Å². The minimum absolute atomic E-state index is 0.0358. The Morgan fingerprint density at radius 2 is 1.88 bits per heavy atom. The van der Waals surface area contributed by atoms with Gasteiger partial charge in [0.25, 0.3) is 0 Å². The number of aliphatic hydroxyl groups excluding tert-OH is 3. The average Bonchev–Trinajstić information content (AvgIpc) is 2.88. The lowest BCUT2D eigenvalue weighted by atomic mass is 9.39. The van der Waals surface area contributed by atoms with Crippen molar-refractivity contribution in [1.82, 2.24) is 4.90 Å². The molecule has 4 heteroatoms. The predicted molar refractivity (Wildman–Crippen MR) is 86.8 cm³/mol. The molecule has 6 aliphatic carbocycles. The van der Waals surface area contributed by atoms with Crippen molar-refractivity contribution in [2.45, 2.75) is 63.0 Å². The lowest BCUT2D eigenvalue weighted by Crippen LogP contribution is -2.67. The maximum Gasteiger partial charge on any atom is 0.0679 e. The van der Waals surface area contributed by atoms with Crippen molar-refractivity contribution in [1.29, 1.82) is 0 Å². The fourth-order valence-corrected chi connectivity index (χ4v) is 10.7. The Labute approximate surface area is 142 Å². The van der Waals surface area contributed by atoms with Gasteiger partial charge in [0.05, 0.1) is 18.3 Å². The number of piperidine rings is 2. The Hall–Kier alpha value is -0.420. The molecule has 9 rings (SSSR count). The van der Waals surface area contributed by atoms with Crippen LogP contribution in [-0.2, 0) is 0 Å². The molecule has 3 heterocycles. The Kier molecular flexibility index (Phi) is 1.95. The van der Waals surface area contributed by atoms with E-state index >= 15 is 0 Å². The fraction of sp³-hybridized carbons (Fsp3) is 0.900. The van der Waals surface area contributed by atoms with E-state index in [2.05, 4.69) is 18.4 Å². The highest BCUT2D eigenvalue weighted by molar-refractivity contribution is 5.43. The zero-order valence-electron chi connectivity index (χ0n) is 14.2. The van der Waals surface area contributed by atoms with Gasteiger partial charge < -0.3 is 15.3 Å². The minimum Gasteiger partial charge on any atom is -0.393 e. The first kappa shape index (κ1) is 13.7. The van der Waals surface area contributed by atoms with Crippen molar-refractivity contribution >= 4 is 0 Å². The second-order valence-electron chi connectivity index (χ2n) is 10.8. The Morgan fingerprint density at radius 1 is 1.08 bits per heavy atom. The number of rotatable bonds is 0. The van der Waals surface area contributed by atoms with Crippen LogP contribution >= 0.6 is 0 Å². The molecule has 9 fully saturated rings. The smallest absolute Gasteiger partial charge is 0.0679 e. The van der Waals surface area contributed by atoms with Gasteiger partial charge in [-0.3, -0.25) is 4.90 Å². The van der Waals surface area contributed by atoms with E-state index in [4.69, 9.17) is 0 Å². The normalized spacial score (nSPS) is 76.1. The quantitative estimate of drug-likeness (QED) is 0.574. The van der Waals surface area contributed by atoms with Crippen LogP contribution in [0.25, 0.3) is 0 Å². The molecule has 6 saturated carbocycles. The van der Waals surface area contributed by atoms with Crippen LogP contribution in [0.5, 0.6) is 0 Å². The maximum atomic E-state index is 11.3. The molecule has 9 bridgehead atoms. The van der Waals surface area contributed by atoms with Crippen LogP contribution in [-0.4, -0.2) is 57.2 Å². The fourth-order valence-electron chi connectivity index (χ4n) is 10.7. The summed E-state index contributed by atoms with van der Waals surface area (Å²) in [6.45, 7) is 7.72. The van der Waals surface area contributed by atoms with E-state index in [1.165, 1.54) is 0 Å². The Morgan fingerprint density at radius 3 is 2.67 bits per heavy atom. The lowest BCUT2D eigenvalue weighted by Gasteiger charge is -2.65. The average molecular weight is 329 g/mol. The zero-order chi connectivity index (χ0) is 16.4. The zero-order valence-corrected chi connectivity index (χ0v) is 14.2. The van der Waals surface area contributed by atoms with Crippen LogP contribution in [0.2, 0.25) is 0 Å². The number of aliphatic hydroxyl groups is 3. The molecule has 0 amide bonds. The predicted octanol–water partition coefficient (Wildman–Crippen LogP) is 0.764. The van der Waals surface area contributed by atoms with Gasteiger partial charge in [-0.2, -0.15) is 0 Å². The van der Waals surface area contributed by atoms with Gasteiger partial charge in [-0.15, -0.1) is 0 Å². The van der Waals surface area contributed by atoms with Crippen LogP contribution in [0.3, 0.4) is 0 Å². The van der Waals surface area contributed by atoms with Gasteiger partial charge in [-0.25, -0.2) is 0 Å². The van der Waals surface area contributed by atoms with Crippen LogP contribution < -0.4 is 0 Å². The minimum atomic E-state index is -0.460. The monoisotopic (exact) mass is 329 g/mol. The highest BCUT2D eigenvalue weighted by atomic mass is 16.3. The second-order valence-corrected chi connectivity index (χ2v) is 10.8. The van der Waals surface area contributed by atoms with Crippen molar-refractivity contribution < 1.29 is 15.3 Å². The Bertz CT molecular complexity index is 709. The number of hydrogen-bond acceptors (Lipinski definition) is 4. The molecule has 13 atom stereocenters. The van der Waals surface area contributed by atoms with Gasteiger partial charge in [0, 0.05) is 30.5 Å². The second kappa shape index (κ2) is 3.40. The largest absolute Gasteiger partial charge is 0.393 e. The lowest BCUT2D eigenvalue weighted by molar-refractivity contribution is -0.213. The van der Waals surface area contributed by atoms with Crippen molar-refractivity contribution in [3.63, 3.8) is 0 Å². The molecule has 4 nitrogen and oxygen atoms in total. The third kappa shape index (κ3) is 0.980. The van der Waals surface area contributed by atoms with Crippen molar-refractivity contribution in [3.8, 4) is 0 Å². The van der Waals surface area contributed by atoms with E-state index in [9.17, 15) is 15.3 Å². The first-order valence-corrected chi connectivity index (χ1v) is 9.83. The van der Waals surface area contributed by atoms with E-state index in [1.54, 1.807) is 0 Å². The highest BCUT2D eigenvalue weighted by Crippen LogP contribution is 2.86. The summed E-state index contributed by atoms with van der Waals surface area (Å²) in [6, 6.07) is 0.999. The molecule has 0 aromatic rings. The van der Waals surface area contributed by atoms with Crippen LogP contribution in [0, 0.1) is 39.9 Å². The number of fused-ring (bicyclic) bond motifs is 1. The van der Waals surface area contributed by atoms with Crippen LogP contribution in [0.15, 0.2) is 12.2 Å².